The van der Waals surface area contributed by atoms with Crippen LogP contribution in [0, 0.1) is 0 Å². The Bertz CT molecular complexity index is 4380. The number of hydroxylamine groups is 1. The van der Waals surface area contributed by atoms with E-state index in [0.29, 0.717) is 86.4 Å². The van der Waals surface area contributed by atoms with E-state index < -0.39 is 5.72 Å². The highest BCUT2D eigenvalue weighted by molar-refractivity contribution is 9.10. The first kappa shape index (κ1) is 96.9. The molecule has 0 spiro atoms. The molecule has 28 nitrogen and oxygen atoms in total. The Hall–Kier alpha value is -9.45. The molecule has 5 aromatic carbocycles. The van der Waals surface area contributed by atoms with Crippen LogP contribution < -0.4 is 49.9 Å². The van der Waals surface area contributed by atoms with Crippen LogP contribution in [0.15, 0.2) is 182 Å². The van der Waals surface area contributed by atoms with Gasteiger partial charge in [0.15, 0.2) is 23.3 Å². The van der Waals surface area contributed by atoms with Crippen molar-refractivity contribution in [2.75, 3.05) is 20.7 Å². The molecule has 14 rings (SSSR count). The number of carbonyl (C=O) groups excluding carboxylic acids is 8. The number of para-hydroxylation sites is 4. The zero-order valence-corrected chi connectivity index (χ0v) is 70.4. The fourth-order valence-electron chi connectivity index (χ4n) is 12.8. The van der Waals surface area contributed by atoms with Gasteiger partial charge in [0, 0.05) is 129 Å². The van der Waals surface area contributed by atoms with Crippen LogP contribution in [0.1, 0.15) is 182 Å². The lowest BCUT2D eigenvalue weighted by atomic mass is 10.1. The zero-order valence-electron chi connectivity index (χ0n) is 65.8. The van der Waals surface area contributed by atoms with Gasteiger partial charge in [-0.15, -0.1) is 0 Å². The third-order valence-corrected chi connectivity index (χ3v) is 20.0. The van der Waals surface area contributed by atoms with Crippen LogP contribution in [-0.2, 0) is 43.1 Å². The van der Waals surface area contributed by atoms with Gasteiger partial charge < -0.3 is 51.6 Å². The van der Waals surface area contributed by atoms with Crippen LogP contribution in [-0.4, -0.2) is 139 Å². The molecule has 5 fully saturated rings. The highest BCUT2D eigenvalue weighted by Crippen LogP contribution is 2.36. The lowest BCUT2D eigenvalue weighted by molar-refractivity contribution is -0.191. The number of nitrogens with zero attached hydrogens (tertiary/aromatic N) is 7. The molecule has 4 amide bonds. The maximum absolute atomic E-state index is 11.7. The van der Waals surface area contributed by atoms with Crippen LogP contribution >= 0.6 is 41.8 Å². The van der Waals surface area contributed by atoms with Gasteiger partial charge in [-0.25, -0.2) is 14.8 Å². The molecular formula is C83H117Br2N16O12P. The quantitative estimate of drug-likeness (QED) is 0.00651. The number of oxazole rings is 2. The third-order valence-electron chi connectivity index (χ3n) is 18.9. The SMILES string of the molecule is C.CCC(=O)N[C@H]1CC[C@@H](N)C1.CCC(=O)N[C@H]1CC[C@@H](NN)C1.CCC(=O)N[C@H]1CC[C@@H](n2nccc2-c2ccc(-c3nc4ccccc4o3)cc2)C1.CCC(=O)N[C@H]1CC[C@@H](n2nccc2-c2ccc(Br)cc2)C1.CCOC(=O)C1(CC)NO1.CN(C)/C=C/C(=O)c1ccc(Br)cc1.N.O=C=O.P.[2HH].c1ccc2ocnc2c1. The van der Waals surface area contributed by atoms with Crippen molar-refractivity contribution in [3.8, 4) is 34.0 Å². The maximum Gasteiger partial charge on any atom is 0.373 e. The Kier molecular flexibility index (Phi) is 43.1. The first-order valence-corrected chi connectivity index (χ1v) is 39.4. The summed E-state index contributed by atoms with van der Waals surface area (Å²) in [6.07, 6.45) is 23.6. The van der Waals surface area contributed by atoms with Crippen molar-refractivity contribution in [3.05, 3.63) is 179 Å². The number of esters is 1. The number of hydrazine groups is 1. The number of aromatic nitrogens is 6. The smallest absolute Gasteiger partial charge is 0.373 e. The molecule has 1 aliphatic heterocycles. The van der Waals surface area contributed by atoms with Crippen molar-refractivity contribution in [2.45, 2.75) is 212 Å². The number of benzene rings is 5. The van der Waals surface area contributed by atoms with Gasteiger partial charge in [0.05, 0.1) is 30.1 Å². The molecule has 10 atom stereocenters. The molecule has 0 radical (unpaired) electrons. The summed E-state index contributed by atoms with van der Waals surface area (Å²) in [4.78, 5) is 99.0. The number of amides is 4. The second kappa shape index (κ2) is 50.7. The summed E-state index contributed by atoms with van der Waals surface area (Å²) in [5.74, 6) is 6.16. The van der Waals surface area contributed by atoms with Crippen LogP contribution in [0.4, 0.5) is 0 Å². The summed E-state index contributed by atoms with van der Waals surface area (Å²) in [6, 6.07) is 45.9. The predicted octanol–water partition coefficient (Wildman–Crippen LogP) is 14.4. The summed E-state index contributed by atoms with van der Waals surface area (Å²) >= 11 is 6.79. The van der Waals surface area contributed by atoms with Crippen molar-refractivity contribution in [1.82, 2.24) is 72.8 Å². The van der Waals surface area contributed by atoms with Gasteiger partial charge in [-0.3, -0.25) is 49.4 Å². The molecule has 9 aromatic rings. The van der Waals surface area contributed by atoms with E-state index in [2.05, 4.69) is 124 Å². The summed E-state index contributed by atoms with van der Waals surface area (Å²) in [5, 5.41) is 21.2. The van der Waals surface area contributed by atoms with Gasteiger partial charge in [-0.2, -0.15) is 35.2 Å². The predicted molar refractivity (Wildman–Crippen MR) is 457 cm³/mol. The number of hydrogen-bond acceptors (Lipinski definition) is 22. The maximum atomic E-state index is 11.7. The molecule has 4 aliphatic carbocycles. The molecule has 31 heteroatoms. The fourth-order valence-corrected chi connectivity index (χ4v) is 13.4. The Balaban J connectivity index is 0.000000359. The molecule has 114 heavy (non-hydrogen) atoms. The average molecular weight is 1720 g/mol. The Morgan fingerprint density at radius 2 is 1.04 bits per heavy atom. The van der Waals surface area contributed by atoms with Crippen LogP contribution in [0.2, 0.25) is 0 Å². The lowest BCUT2D eigenvalue weighted by Gasteiger charge is -2.16. The van der Waals surface area contributed by atoms with E-state index >= 15 is 0 Å². The van der Waals surface area contributed by atoms with E-state index in [1.54, 1.807) is 31.3 Å². The molecular weight excluding hydrogens is 1600 g/mol. The van der Waals surface area contributed by atoms with Crippen molar-refractivity contribution in [3.63, 3.8) is 0 Å². The average Bonchev–Trinajstić information content (AvgIpc) is 1.66. The van der Waals surface area contributed by atoms with Gasteiger partial charge in [-0.05, 0) is 180 Å². The molecule has 5 heterocycles. The lowest BCUT2D eigenvalue weighted by Crippen LogP contribution is -2.37. The van der Waals surface area contributed by atoms with Crippen molar-refractivity contribution < 1.29 is 58.2 Å². The van der Waals surface area contributed by atoms with Crippen LogP contribution in [0.5, 0.6) is 0 Å². The topological polar surface area (TPSA) is 418 Å². The van der Waals surface area contributed by atoms with Gasteiger partial charge in [0.2, 0.25) is 29.5 Å². The minimum absolute atomic E-state index is 0. The first-order valence-electron chi connectivity index (χ1n) is 37.8. The number of fused-ring (bicyclic) bond motifs is 2. The molecule has 620 valence electrons. The van der Waals surface area contributed by atoms with Crippen molar-refractivity contribution in [2.24, 2.45) is 11.6 Å². The third kappa shape index (κ3) is 31.1. The van der Waals surface area contributed by atoms with E-state index in [1.165, 1.54) is 12.0 Å². The standard InChI is InChI=1S/C24H24N4O2.C17H20BrN3O.C11H12BrNO.C8H17N3O.C8H16N2O.C7H5NO.C6H11NO3.CO2.CH4.H3N.H3P.H2/c1-2-23(29)26-18-11-12-19(15-18)28-21(13-14-25-28)16-7-9-17(10-8-16)24-27-20-5-3-4-6-22(20)30-24;1-2-17(22)20-14-7-8-15(11-14)21-16(9-10-19-21)12-3-5-13(18)6-4-12;1-13(2)8-7-11(14)9-3-5-10(12)6-4-9;1-2-8(12)10-6-3-4-7(5-6)11-9;1-2-8(11)10-7-4-3-6(9)5-7;1-2-4-7-6(3-1)8-5-9-7;1-3-6(7-10-6)5(8)9-4-2;2-1-3;;;;/h3-10,13-14,18-19H,2,11-12,15H2,1H3,(H,26,29);3-6,9-10,14-15H,2,7-8,11H2,1H3,(H,20,22);3-8H,1-2H3;6-7,11H,2-5,9H2,1H3,(H,10,12);6-7H,2-5,9H2,1H3,(H,10,11);1-5H;7H,3-4H2,1-2H3;;1H4;2*1H3;1H/b;;8-7+;;;;;;;;;/t18-,19+;14-,15+;;2*6-,7+;;;;;;;/m00.01......./s1/i;;;;;;;;;;;1+1. The monoisotopic (exact) mass is 1720 g/mol. The second-order valence-electron chi connectivity index (χ2n) is 27.2. The van der Waals surface area contributed by atoms with Crippen molar-refractivity contribution in [1.29, 1.82) is 0 Å². The summed E-state index contributed by atoms with van der Waals surface area (Å²) < 4.78 is 21.9. The number of halogens is 2. The van der Waals surface area contributed by atoms with Gasteiger partial charge >= 0.3 is 12.1 Å². The number of rotatable bonds is 20. The van der Waals surface area contributed by atoms with Gasteiger partial charge in [0.25, 0.3) is 5.72 Å². The van der Waals surface area contributed by atoms with E-state index in [1.807, 2.05) is 157 Å². The number of ether oxygens (including phenoxy) is 1. The number of nitrogens with two attached hydrogens (primary N) is 2. The zero-order chi connectivity index (χ0) is 80.2. The molecule has 0 bridgehead atoms. The molecule has 4 aromatic heterocycles. The highest BCUT2D eigenvalue weighted by Gasteiger charge is 2.52. The summed E-state index contributed by atoms with van der Waals surface area (Å²) in [6.45, 7) is 11.5. The number of allylic oxidation sites excluding steroid dienone is 1. The first-order chi connectivity index (χ1) is 53.6. The molecule has 13 N–H and O–H groups in total. The Morgan fingerprint density at radius 1 is 0.605 bits per heavy atom. The minimum Gasteiger partial charge on any atom is -0.463 e. The Morgan fingerprint density at radius 3 is 1.46 bits per heavy atom. The number of hydrogen-bond donors (Lipinski definition) is 9. The summed E-state index contributed by atoms with van der Waals surface area (Å²) in [7, 11) is 3.76. The van der Waals surface area contributed by atoms with Gasteiger partial charge in [0.1, 0.15) is 11.0 Å². The largest absolute Gasteiger partial charge is 0.463 e. The highest BCUT2D eigenvalue weighted by atomic mass is 79.9. The number of ketones is 1. The van der Waals surface area contributed by atoms with Crippen LogP contribution in [0.25, 0.3) is 56.2 Å². The van der Waals surface area contributed by atoms with Crippen molar-refractivity contribution >= 4 is 105 Å². The number of nitrogens with one attached hydrogen (secondary N) is 6. The van der Waals surface area contributed by atoms with Gasteiger partial charge in [-0.1, -0.05) is 122 Å². The normalized spacial score (nSPS) is 19.7. The molecule has 5 aliphatic rings. The fraction of sp³-hybridized carbons (Fsp3) is 0.434. The molecule has 1 saturated heterocycles. The minimum atomic E-state index is -0.810. The van der Waals surface area contributed by atoms with E-state index in [4.69, 9.17) is 39.6 Å². The molecule has 2 unspecified atom stereocenters. The Labute approximate surface area is 689 Å². The number of carbonyl (C=O) groups is 6. The van der Waals surface area contributed by atoms with Crippen LogP contribution in [0.3, 0.4) is 0 Å². The van der Waals surface area contributed by atoms with E-state index in [9.17, 15) is 28.8 Å². The van der Waals surface area contributed by atoms with E-state index in [-0.39, 0.29) is 78.5 Å². The second-order valence-corrected chi connectivity index (χ2v) is 29.0. The molecule has 4 saturated carbocycles. The van der Waals surface area contributed by atoms with E-state index in [0.717, 1.165) is 131 Å². The summed E-state index contributed by atoms with van der Waals surface area (Å²) in [5.41, 5.74) is 19.7.